The minimum absolute atomic E-state index is 0.0886. The van der Waals surface area contributed by atoms with Crippen molar-refractivity contribution in [1.82, 2.24) is 10.0 Å². The van der Waals surface area contributed by atoms with Gasteiger partial charge in [-0.1, -0.05) is 0 Å². The molecule has 0 unspecified atom stereocenters. The van der Waals surface area contributed by atoms with Crippen LogP contribution >= 0.6 is 0 Å². The molecule has 0 aromatic heterocycles. The van der Waals surface area contributed by atoms with E-state index in [-0.39, 0.29) is 17.9 Å². The third kappa shape index (κ3) is 4.01. The molecular formula is C19H28N2O5S. The summed E-state index contributed by atoms with van der Waals surface area (Å²) in [6, 6.07) is 0. The zero-order chi connectivity index (χ0) is 20.6. The van der Waals surface area contributed by atoms with Crippen molar-refractivity contribution in [2.45, 2.75) is 70.7 Å². The predicted octanol–water partition coefficient (Wildman–Crippen LogP) is 2.02. The quantitative estimate of drug-likeness (QED) is 0.653. The molecule has 8 heteroatoms. The minimum atomic E-state index is -3.78. The molecule has 1 aromatic carbocycles. The molecule has 1 saturated carbocycles. The normalized spacial score (nSPS) is 15.9. The first kappa shape index (κ1) is 21.4. The molecule has 1 aliphatic rings. The van der Waals surface area contributed by atoms with Crippen LogP contribution in [0.15, 0.2) is 4.90 Å². The second-order valence-electron chi connectivity index (χ2n) is 7.39. The monoisotopic (exact) mass is 396 g/mol. The van der Waals surface area contributed by atoms with Gasteiger partial charge < -0.3 is 10.4 Å². The van der Waals surface area contributed by atoms with Gasteiger partial charge in [0.15, 0.2) is 0 Å². The number of hydrogen-bond donors (Lipinski definition) is 3. The summed E-state index contributed by atoms with van der Waals surface area (Å²) in [5, 5.41) is 11.8. The second-order valence-corrected chi connectivity index (χ2v) is 9.09. The summed E-state index contributed by atoms with van der Waals surface area (Å²) < 4.78 is 28.1. The predicted molar refractivity (Wildman–Crippen MR) is 102 cm³/mol. The van der Waals surface area contributed by atoms with Crippen LogP contribution in [0.5, 0.6) is 0 Å². The maximum absolute atomic E-state index is 12.8. The Hall–Kier alpha value is -1.93. The molecule has 0 saturated heterocycles. The van der Waals surface area contributed by atoms with Crippen LogP contribution in [-0.2, 0) is 19.6 Å². The van der Waals surface area contributed by atoms with E-state index in [4.69, 9.17) is 0 Å². The SMILES string of the molecule is Cc1c(C)c(C)c(S(=O)(=O)NCCC(=O)NC2(C(=O)O)CCC2)c(C)c1C. The highest BCUT2D eigenvalue weighted by molar-refractivity contribution is 7.89. The number of carbonyl (C=O) groups excluding carboxylic acids is 1. The van der Waals surface area contributed by atoms with Crippen LogP contribution in [-0.4, -0.2) is 37.5 Å². The molecule has 27 heavy (non-hydrogen) atoms. The molecule has 2 rings (SSSR count). The van der Waals surface area contributed by atoms with Gasteiger partial charge in [0.2, 0.25) is 15.9 Å². The van der Waals surface area contributed by atoms with E-state index in [1.807, 2.05) is 20.8 Å². The fourth-order valence-electron chi connectivity index (χ4n) is 3.49. The van der Waals surface area contributed by atoms with E-state index in [0.29, 0.717) is 24.0 Å². The number of carbonyl (C=O) groups is 2. The zero-order valence-electron chi connectivity index (χ0n) is 16.5. The van der Waals surface area contributed by atoms with Gasteiger partial charge in [-0.2, -0.15) is 0 Å². The smallest absolute Gasteiger partial charge is 0.329 e. The third-order valence-electron chi connectivity index (χ3n) is 5.84. The first-order chi connectivity index (χ1) is 12.4. The van der Waals surface area contributed by atoms with Crippen molar-refractivity contribution >= 4 is 21.9 Å². The van der Waals surface area contributed by atoms with E-state index in [9.17, 15) is 23.1 Å². The molecule has 0 bridgehead atoms. The average Bonchev–Trinajstić information content (AvgIpc) is 2.53. The van der Waals surface area contributed by atoms with Crippen molar-refractivity contribution in [2.24, 2.45) is 0 Å². The molecule has 3 N–H and O–H groups in total. The molecule has 0 atom stereocenters. The number of sulfonamides is 1. The van der Waals surface area contributed by atoms with Crippen LogP contribution in [0.4, 0.5) is 0 Å². The molecule has 1 aliphatic carbocycles. The Morgan fingerprint density at radius 2 is 1.44 bits per heavy atom. The molecule has 0 spiro atoms. The molecule has 1 amide bonds. The molecular weight excluding hydrogens is 368 g/mol. The van der Waals surface area contributed by atoms with Gasteiger partial charge in [0.25, 0.3) is 0 Å². The summed E-state index contributed by atoms with van der Waals surface area (Å²) in [7, 11) is -3.78. The van der Waals surface area contributed by atoms with Gasteiger partial charge in [-0.15, -0.1) is 0 Å². The van der Waals surface area contributed by atoms with Gasteiger partial charge in [-0.05, 0) is 81.7 Å². The second kappa shape index (κ2) is 7.59. The van der Waals surface area contributed by atoms with E-state index < -0.39 is 27.4 Å². The van der Waals surface area contributed by atoms with Crippen LogP contribution < -0.4 is 10.0 Å². The number of aliphatic carboxylic acids is 1. The van der Waals surface area contributed by atoms with Crippen molar-refractivity contribution in [2.75, 3.05) is 6.54 Å². The number of rotatable bonds is 7. The standard InChI is InChI=1S/C19H28N2O5S/c1-11-12(2)14(4)17(15(5)13(11)3)27(25,26)20-10-7-16(22)21-19(18(23)24)8-6-9-19/h20H,6-10H2,1-5H3,(H,21,22)(H,23,24). The molecule has 7 nitrogen and oxygen atoms in total. The Morgan fingerprint density at radius 3 is 1.85 bits per heavy atom. The van der Waals surface area contributed by atoms with Crippen LogP contribution in [0.25, 0.3) is 0 Å². The highest BCUT2D eigenvalue weighted by atomic mass is 32.2. The topological polar surface area (TPSA) is 113 Å². The van der Waals surface area contributed by atoms with Gasteiger partial charge in [-0.3, -0.25) is 4.79 Å². The number of benzene rings is 1. The molecule has 150 valence electrons. The number of hydrogen-bond acceptors (Lipinski definition) is 4. The number of carboxylic acid groups (broad SMARTS) is 1. The maximum Gasteiger partial charge on any atom is 0.329 e. The van der Waals surface area contributed by atoms with E-state index in [1.165, 1.54) is 0 Å². The minimum Gasteiger partial charge on any atom is -0.480 e. The van der Waals surface area contributed by atoms with E-state index in [2.05, 4.69) is 10.0 Å². The van der Waals surface area contributed by atoms with Crippen molar-refractivity contribution in [3.8, 4) is 0 Å². The zero-order valence-corrected chi connectivity index (χ0v) is 17.3. The lowest BCUT2D eigenvalue weighted by atomic mass is 9.76. The van der Waals surface area contributed by atoms with Crippen molar-refractivity contribution in [3.05, 3.63) is 27.8 Å². The Kier molecular flexibility index (Phi) is 6.01. The van der Waals surface area contributed by atoms with Gasteiger partial charge >= 0.3 is 5.97 Å². The molecule has 0 radical (unpaired) electrons. The lowest BCUT2D eigenvalue weighted by molar-refractivity contribution is -0.151. The number of amides is 1. The molecule has 0 aliphatic heterocycles. The molecule has 0 heterocycles. The summed E-state index contributed by atoms with van der Waals surface area (Å²) >= 11 is 0. The van der Waals surface area contributed by atoms with Crippen LogP contribution in [0.1, 0.15) is 53.5 Å². The van der Waals surface area contributed by atoms with Crippen LogP contribution in [0.3, 0.4) is 0 Å². The van der Waals surface area contributed by atoms with E-state index in [0.717, 1.165) is 23.1 Å². The Morgan fingerprint density at radius 1 is 0.963 bits per heavy atom. The summed E-state index contributed by atoms with van der Waals surface area (Å²) in [5.74, 6) is -1.51. The summed E-state index contributed by atoms with van der Waals surface area (Å²) in [6.07, 6.45) is 1.44. The summed E-state index contributed by atoms with van der Waals surface area (Å²) in [6.45, 7) is 9.24. The van der Waals surface area contributed by atoms with Gasteiger partial charge in [0, 0.05) is 13.0 Å². The van der Waals surface area contributed by atoms with Crippen molar-refractivity contribution in [1.29, 1.82) is 0 Å². The van der Waals surface area contributed by atoms with Gasteiger partial charge in [-0.25, -0.2) is 17.9 Å². The van der Waals surface area contributed by atoms with Gasteiger partial charge in [0.1, 0.15) is 5.54 Å². The van der Waals surface area contributed by atoms with Crippen molar-refractivity contribution < 1.29 is 23.1 Å². The van der Waals surface area contributed by atoms with Crippen LogP contribution in [0, 0.1) is 34.6 Å². The van der Waals surface area contributed by atoms with E-state index in [1.54, 1.807) is 13.8 Å². The largest absolute Gasteiger partial charge is 0.480 e. The third-order valence-corrected chi connectivity index (χ3v) is 7.57. The molecule has 1 fully saturated rings. The first-order valence-corrected chi connectivity index (χ1v) is 10.5. The summed E-state index contributed by atoms with van der Waals surface area (Å²) in [5.41, 5.74) is 3.16. The van der Waals surface area contributed by atoms with Crippen LogP contribution in [0.2, 0.25) is 0 Å². The fourth-order valence-corrected chi connectivity index (χ4v) is 5.12. The Bertz CT molecular complexity index is 857. The summed E-state index contributed by atoms with van der Waals surface area (Å²) in [4.78, 5) is 23.6. The van der Waals surface area contributed by atoms with E-state index >= 15 is 0 Å². The Labute approximate surface area is 160 Å². The maximum atomic E-state index is 12.8. The molecule has 1 aromatic rings. The fraction of sp³-hybridized carbons (Fsp3) is 0.579. The lowest BCUT2D eigenvalue weighted by Crippen LogP contribution is -2.59. The first-order valence-electron chi connectivity index (χ1n) is 9.04. The highest BCUT2D eigenvalue weighted by Crippen LogP contribution is 2.32. The van der Waals surface area contributed by atoms with Gasteiger partial charge in [0.05, 0.1) is 4.90 Å². The number of nitrogens with one attached hydrogen (secondary N) is 2. The van der Waals surface area contributed by atoms with Crippen molar-refractivity contribution in [3.63, 3.8) is 0 Å². The lowest BCUT2D eigenvalue weighted by Gasteiger charge is -2.38. The number of carboxylic acids is 1. The Balaban J connectivity index is 2.08. The average molecular weight is 397 g/mol. The highest BCUT2D eigenvalue weighted by Gasteiger charge is 2.45.